The highest BCUT2D eigenvalue weighted by atomic mass is 32.1. The zero-order valence-electron chi connectivity index (χ0n) is 12.6. The lowest BCUT2D eigenvalue weighted by molar-refractivity contribution is 0.109. The minimum absolute atomic E-state index is 0.767. The lowest BCUT2D eigenvalue weighted by Gasteiger charge is -2.39. The molecule has 1 N–H and O–H groups in total. The highest BCUT2D eigenvalue weighted by Crippen LogP contribution is 2.45. The summed E-state index contributed by atoms with van der Waals surface area (Å²) in [6, 6.07) is 4.38. The van der Waals surface area contributed by atoms with Crippen molar-refractivity contribution in [2.45, 2.75) is 44.9 Å². The summed E-state index contributed by atoms with van der Waals surface area (Å²) in [5.41, 5.74) is 0.767. The Hall–Kier alpha value is -0.380. The van der Waals surface area contributed by atoms with Gasteiger partial charge in [0.1, 0.15) is 0 Å². The number of thiophene rings is 1. The van der Waals surface area contributed by atoms with Crippen LogP contribution in [0.4, 0.5) is 0 Å². The Morgan fingerprint density at radius 1 is 1.10 bits per heavy atom. The second-order valence-corrected chi connectivity index (χ2v) is 7.66. The third-order valence-electron chi connectivity index (χ3n) is 5.31. The Kier molecular flexibility index (Phi) is 5.14. The number of piperidine rings is 1. The van der Waals surface area contributed by atoms with Crippen LogP contribution in [0.15, 0.2) is 17.5 Å². The van der Waals surface area contributed by atoms with Gasteiger partial charge in [0.05, 0.1) is 0 Å². The molecule has 3 rings (SSSR count). The van der Waals surface area contributed by atoms with E-state index in [1.807, 2.05) is 11.3 Å². The molecule has 2 aliphatic rings. The Morgan fingerprint density at radius 3 is 2.60 bits per heavy atom. The number of rotatable bonds is 6. The Bertz CT molecular complexity index is 372. The van der Waals surface area contributed by atoms with Gasteiger partial charge in [-0.2, -0.15) is 0 Å². The lowest BCUT2D eigenvalue weighted by atomic mass is 9.77. The number of hydrogen-bond acceptors (Lipinski definition) is 3. The molecule has 1 spiro atoms. The van der Waals surface area contributed by atoms with Gasteiger partial charge >= 0.3 is 0 Å². The van der Waals surface area contributed by atoms with Crippen molar-refractivity contribution in [1.29, 1.82) is 0 Å². The van der Waals surface area contributed by atoms with E-state index in [1.165, 1.54) is 69.5 Å². The van der Waals surface area contributed by atoms with Crippen LogP contribution in [0.2, 0.25) is 0 Å². The van der Waals surface area contributed by atoms with Gasteiger partial charge in [0, 0.05) is 24.5 Å². The van der Waals surface area contributed by atoms with Gasteiger partial charge in [-0.25, -0.2) is 0 Å². The molecule has 0 unspecified atom stereocenters. The minimum Gasteiger partial charge on any atom is -0.315 e. The van der Waals surface area contributed by atoms with Crippen LogP contribution in [0.3, 0.4) is 0 Å². The molecule has 2 nitrogen and oxygen atoms in total. The van der Waals surface area contributed by atoms with Crippen molar-refractivity contribution < 1.29 is 0 Å². The van der Waals surface area contributed by atoms with E-state index in [2.05, 4.69) is 27.7 Å². The summed E-state index contributed by atoms with van der Waals surface area (Å²) in [5, 5.41) is 5.77. The van der Waals surface area contributed by atoms with Gasteiger partial charge in [-0.1, -0.05) is 18.9 Å². The molecule has 3 heteroatoms. The van der Waals surface area contributed by atoms with Gasteiger partial charge in [0.15, 0.2) is 0 Å². The van der Waals surface area contributed by atoms with Crippen molar-refractivity contribution in [1.82, 2.24) is 10.2 Å². The average molecular weight is 292 g/mol. The molecule has 0 bridgehead atoms. The van der Waals surface area contributed by atoms with Crippen molar-refractivity contribution in [2.24, 2.45) is 5.41 Å². The molecule has 2 heterocycles. The molecule has 1 aliphatic carbocycles. The summed E-state index contributed by atoms with van der Waals surface area (Å²) in [5.74, 6) is 0. The maximum Gasteiger partial charge on any atom is 0.0107 e. The molecule has 0 atom stereocenters. The predicted octanol–water partition coefficient (Wildman–Crippen LogP) is 3.54. The largest absolute Gasteiger partial charge is 0.315 e. The molecule has 1 aromatic heterocycles. The van der Waals surface area contributed by atoms with E-state index >= 15 is 0 Å². The first-order valence-electron chi connectivity index (χ1n) is 8.32. The van der Waals surface area contributed by atoms with Crippen LogP contribution in [-0.4, -0.2) is 37.6 Å². The van der Waals surface area contributed by atoms with Gasteiger partial charge in [0.25, 0.3) is 0 Å². The second kappa shape index (κ2) is 7.06. The molecule has 2 fully saturated rings. The first-order valence-corrected chi connectivity index (χ1v) is 9.20. The van der Waals surface area contributed by atoms with Crippen molar-refractivity contribution in [2.75, 3.05) is 32.7 Å². The van der Waals surface area contributed by atoms with E-state index in [9.17, 15) is 0 Å². The van der Waals surface area contributed by atoms with Crippen LogP contribution < -0.4 is 5.32 Å². The highest BCUT2D eigenvalue weighted by molar-refractivity contribution is 7.09. The van der Waals surface area contributed by atoms with Crippen molar-refractivity contribution in [3.63, 3.8) is 0 Å². The molecule has 1 aliphatic heterocycles. The molecule has 112 valence electrons. The van der Waals surface area contributed by atoms with Crippen molar-refractivity contribution >= 4 is 11.3 Å². The maximum absolute atomic E-state index is 3.60. The monoisotopic (exact) mass is 292 g/mol. The maximum atomic E-state index is 3.60. The fourth-order valence-electron chi connectivity index (χ4n) is 3.90. The average Bonchev–Trinajstić information content (AvgIpc) is 3.13. The van der Waals surface area contributed by atoms with Crippen molar-refractivity contribution in [3.8, 4) is 0 Å². The van der Waals surface area contributed by atoms with E-state index in [0.717, 1.165) is 18.5 Å². The summed E-state index contributed by atoms with van der Waals surface area (Å²) < 4.78 is 0. The van der Waals surface area contributed by atoms with Crippen LogP contribution in [0.1, 0.15) is 43.4 Å². The Labute approximate surface area is 127 Å². The quantitative estimate of drug-likeness (QED) is 0.807. The molecule has 1 saturated heterocycles. The van der Waals surface area contributed by atoms with Crippen LogP contribution >= 0.6 is 11.3 Å². The number of hydrogen-bond donors (Lipinski definition) is 1. The fraction of sp³-hybridized carbons (Fsp3) is 0.765. The molecular formula is C17H28N2S. The standard InChI is InChI=1S/C17H28N2S/c1-2-7-17(6-1)8-12-19(13-9-17)14-11-18-10-5-16-4-3-15-20-16/h3-4,15,18H,1-2,5-14H2. The summed E-state index contributed by atoms with van der Waals surface area (Å²) in [6.07, 6.45) is 10.1. The molecule has 0 aromatic carbocycles. The second-order valence-electron chi connectivity index (χ2n) is 6.63. The van der Waals surface area contributed by atoms with Gasteiger partial charge in [-0.3, -0.25) is 0 Å². The Morgan fingerprint density at radius 2 is 1.90 bits per heavy atom. The van der Waals surface area contributed by atoms with Gasteiger partial charge < -0.3 is 10.2 Å². The third kappa shape index (κ3) is 3.84. The summed E-state index contributed by atoms with van der Waals surface area (Å²) in [7, 11) is 0. The minimum atomic E-state index is 0.767. The third-order valence-corrected chi connectivity index (χ3v) is 6.25. The van der Waals surface area contributed by atoms with E-state index in [1.54, 1.807) is 0 Å². The lowest BCUT2D eigenvalue weighted by Crippen LogP contribution is -2.42. The fourth-order valence-corrected chi connectivity index (χ4v) is 4.61. The first-order chi connectivity index (χ1) is 9.86. The van der Waals surface area contributed by atoms with E-state index in [4.69, 9.17) is 0 Å². The Balaban J connectivity index is 1.26. The zero-order chi connectivity index (χ0) is 13.7. The number of likely N-dealkylation sites (tertiary alicyclic amines) is 1. The summed E-state index contributed by atoms with van der Waals surface area (Å²) in [6.45, 7) is 6.19. The van der Waals surface area contributed by atoms with Crippen molar-refractivity contribution in [3.05, 3.63) is 22.4 Å². The number of nitrogens with zero attached hydrogens (tertiary/aromatic N) is 1. The van der Waals surface area contributed by atoms with E-state index in [0.29, 0.717) is 0 Å². The van der Waals surface area contributed by atoms with Gasteiger partial charge in [-0.15, -0.1) is 11.3 Å². The smallest absolute Gasteiger partial charge is 0.0107 e. The molecule has 20 heavy (non-hydrogen) atoms. The molecule has 1 saturated carbocycles. The van der Waals surface area contributed by atoms with Crippen LogP contribution in [0.25, 0.3) is 0 Å². The molecule has 0 amide bonds. The van der Waals surface area contributed by atoms with E-state index < -0.39 is 0 Å². The van der Waals surface area contributed by atoms with Gasteiger partial charge in [-0.05, 0) is 62.1 Å². The topological polar surface area (TPSA) is 15.3 Å². The predicted molar refractivity (Wildman–Crippen MR) is 87.5 cm³/mol. The zero-order valence-corrected chi connectivity index (χ0v) is 13.4. The summed E-state index contributed by atoms with van der Waals surface area (Å²) in [4.78, 5) is 4.17. The SMILES string of the molecule is c1csc(CCNCCN2CCC3(CCCC3)CC2)c1. The number of nitrogens with one attached hydrogen (secondary N) is 1. The highest BCUT2D eigenvalue weighted by Gasteiger charge is 2.36. The van der Waals surface area contributed by atoms with E-state index in [-0.39, 0.29) is 0 Å². The van der Waals surface area contributed by atoms with Gasteiger partial charge in [0.2, 0.25) is 0 Å². The summed E-state index contributed by atoms with van der Waals surface area (Å²) >= 11 is 1.87. The molecule has 1 aromatic rings. The normalized spacial score (nSPS) is 22.6. The van der Waals surface area contributed by atoms with Crippen LogP contribution in [0, 0.1) is 5.41 Å². The van der Waals surface area contributed by atoms with Crippen LogP contribution in [0.5, 0.6) is 0 Å². The molecule has 0 radical (unpaired) electrons. The first kappa shape index (κ1) is 14.6. The molecular weight excluding hydrogens is 264 g/mol. The van der Waals surface area contributed by atoms with Crippen LogP contribution in [-0.2, 0) is 6.42 Å².